The van der Waals surface area contributed by atoms with Gasteiger partial charge in [0, 0.05) is 0 Å². The first-order valence-corrected chi connectivity index (χ1v) is 5.38. The summed E-state index contributed by atoms with van der Waals surface area (Å²) in [5.74, 6) is 0.248. The van der Waals surface area contributed by atoms with Crippen LogP contribution in [0.4, 0.5) is 5.82 Å². The molecule has 1 rings (SSSR count). The zero-order chi connectivity index (χ0) is 10.6. The van der Waals surface area contributed by atoms with E-state index in [0.717, 1.165) is 0 Å². The van der Waals surface area contributed by atoms with Gasteiger partial charge in [0.25, 0.3) is 0 Å². The molecule has 1 heterocycles. The molecule has 0 aliphatic rings. The smallest absolute Gasteiger partial charge is 0.316 e. The van der Waals surface area contributed by atoms with E-state index in [-0.39, 0.29) is 11.7 Å². The minimum Gasteiger partial charge on any atom is -0.468 e. The number of rotatable bonds is 3. The minimum atomic E-state index is -0.306. The normalized spacial score (nSPS) is 9.86. The van der Waals surface area contributed by atoms with Crippen molar-refractivity contribution >= 4 is 39.5 Å². The number of carbonyl (C=O) groups excluding carboxylic acids is 1. The highest BCUT2D eigenvalue weighted by Crippen LogP contribution is 2.28. The lowest BCUT2D eigenvalue weighted by atomic mass is 10.6. The number of methoxy groups -OCH3 is 1. The maximum atomic E-state index is 10.8. The number of halogens is 1. The van der Waals surface area contributed by atoms with Gasteiger partial charge in [-0.2, -0.15) is 0 Å². The maximum absolute atomic E-state index is 10.8. The van der Waals surface area contributed by atoms with Crippen molar-refractivity contribution in [3.8, 4) is 0 Å². The number of hydrogen-bond acceptors (Lipinski definition) is 6. The molecule has 5 nitrogen and oxygen atoms in total. The molecule has 0 atom stereocenters. The molecule has 7 heteroatoms. The van der Waals surface area contributed by atoms with Crippen LogP contribution in [-0.2, 0) is 9.53 Å². The van der Waals surface area contributed by atoms with E-state index in [2.05, 4.69) is 30.6 Å². The predicted molar refractivity (Wildman–Crippen MR) is 56.9 cm³/mol. The van der Waals surface area contributed by atoms with Gasteiger partial charge < -0.3 is 10.5 Å². The number of anilines is 1. The molecule has 0 unspecified atom stereocenters. The summed E-state index contributed by atoms with van der Waals surface area (Å²) in [7, 11) is 1.34. The lowest BCUT2D eigenvalue weighted by Crippen LogP contribution is -2.04. The molecule has 0 aliphatic carbocycles. The van der Waals surface area contributed by atoms with Crippen molar-refractivity contribution in [2.45, 2.75) is 5.03 Å². The molecule has 0 bridgehead atoms. The van der Waals surface area contributed by atoms with Gasteiger partial charge in [-0.1, -0.05) is 11.8 Å². The number of carbonyl (C=O) groups is 1. The van der Waals surface area contributed by atoms with Crippen molar-refractivity contribution in [1.29, 1.82) is 0 Å². The van der Waals surface area contributed by atoms with Crippen LogP contribution in [0.15, 0.2) is 15.8 Å². The van der Waals surface area contributed by atoms with Crippen molar-refractivity contribution in [1.82, 2.24) is 9.97 Å². The van der Waals surface area contributed by atoms with Crippen molar-refractivity contribution in [2.75, 3.05) is 18.6 Å². The Balaban J connectivity index is 2.68. The van der Waals surface area contributed by atoms with Crippen molar-refractivity contribution in [2.24, 2.45) is 0 Å². The number of aromatic nitrogens is 2. The van der Waals surface area contributed by atoms with Crippen LogP contribution in [-0.4, -0.2) is 28.8 Å². The Morgan fingerprint density at radius 1 is 1.71 bits per heavy atom. The molecule has 0 saturated carbocycles. The molecule has 76 valence electrons. The summed E-state index contributed by atoms with van der Waals surface area (Å²) < 4.78 is 5.10. The van der Waals surface area contributed by atoms with Crippen LogP contribution in [0.3, 0.4) is 0 Å². The van der Waals surface area contributed by atoms with Crippen LogP contribution in [0.1, 0.15) is 0 Å². The lowest BCUT2D eigenvalue weighted by molar-refractivity contribution is -0.137. The van der Waals surface area contributed by atoms with Gasteiger partial charge in [-0.25, -0.2) is 9.97 Å². The molecule has 0 amide bonds. The highest BCUT2D eigenvalue weighted by Gasteiger charge is 2.09. The second-order valence-corrected chi connectivity index (χ2v) is 4.00. The summed E-state index contributed by atoms with van der Waals surface area (Å²) in [5, 5.41) is 0.628. The van der Waals surface area contributed by atoms with E-state index in [1.807, 2.05) is 0 Å². The van der Waals surface area contributed by atoms with E-state index in [9.17, 15) is 4.79 Å². The molecule has 0 radical (unpaired) electrons. The summed E-state index contributed by atoms with van der Waals surface area (Å²) in [6.45, 7) is 0. The van der Waals surface area contributed by atoms with Gasteiger partial charge in [-0.15, -0.1) is 0 Å². The van der Waals surface area contributed by atoms with Crippen molar-refractivity contribution < 1.29 is 9.53 Å². The maximum Gasteiger partial charge on any atom is 0.316 e. The molecular formula is C7H8BrN3O2S. The highest BCUT2D eigenvalue weighted by atomic mass is 79.9. The molecule has 1 aromatic rings. The first kappa shape index (κ1) is 11.3. The Morgan fingerprint density at radius 3 is 3.07 bits per heavy atom. The lowest BCUT2D eigenvalue weighted by Gasteiger charge is -2.03. The number of nitrogens with two attached hydrogens (primary N) is 1. The number of hydrogen-bond donors (Lipinski definition) is 1. The van der Waals surface area contributed by atoms with E-state index in [4.69, 9.17) is 5.73 Å². The van der Waals surface area contributed by atoms with Gasteiger partial charge in [0.15, 0.2) is 0 Å². The summed E-state index contributed by atoms with van der Waals surface area (Å²) in [6, 6.07) is 0. The molecule has 0 aliphatic heterocycles. The minimum absolute atomic E-state index is 0.200. The van der Waals surface area contributed by atoms with E-state index in [0.29, 0.717) is 15.3 Å². The van der Waals surface area contributed by atoms with Gasteiger partial charge in [0.1, 0.15) is 17.2 Å². The van der Waals surface area contributed by atoms with Gasteiger partial charge in [-0.3, -0.25) is 4.79 Å². The Morgan fingerprint density at radius 2 is 2.43 bits per heavy atom. The SMILES string of the molecule is COC(=O)CSc1ncnc(N)c1Br. The molecule has 2 N–H and O–H groups in total. The number of nitrogens with zero attached hydrogens (tertiary/aromatic N) is 2. The summed E-state index contributed by atoms with van der Waals surface area (Å²) >= 11 is 4.47. The Hall–Kier alpha value is -0.820. The predicted octanol–water partition coefficient (Wildman–Crippen LogP) is 1.09. The Bertz CT molecular complexity index is 348. The largest absolute Gasteiger partial charge is 0.468 e. The highest BCUT2D eigenvalue weighted by molar-refractivity contribution is 9.10. The second-order valence-electron chi connectivity index (χ2n) is 2.24. The summed E-state index contributed by atoms with van der Waals surface area (Å²) in [6.07, 6.45) is 1.35. The van der Waals surface area contributed by atoms with Gasteiger partial charge in [0.2, 0.25) is 0 Å². The molecule has 0 saturated heterocycles. The zero-order valence-corrected chi connectivity index (χ0v) is 9.76. The monoisotopic (exact) mass is 277 g/mol. The van der Waals surface area contributed by atoms with Crippen LogP contribution >= 0.6 is 27.7 Å². The van der Waals surface area contributed by atoms with Crippen molar-refractivity contribution in [3.63, 3.8) is 0 Å². The molecule has 0 spiro atoms. The Labute approximate surface area is 93.6 Å². The van der Waals surface area contributed by atoms with Gasteiger partial charge in [0.05, 0.1) is 17.3 Å². The number of ether oxygens (including phenoxy) is 1. The van der Waals surface area contributed by atoms with Crippen molar-refractivity contribution in [3.05, 3.63) is 10.8 Å². The van der Waals surface area contributed by atoms with E-state index < -0.39 is 0 Å². The fraction of sp³-hybridized carbons (Fsp3) is 0.286. The van der Waals surface area contributed by atoms with Crippen LogP contribution in [0.2, 0.25) is 0 Å². The number of esters is 1. The van der Waals surface area contributed by atoms with E-state index in [1.165, 1.54) is 25.2 Å². The summed E-state index contributed by atoms with van der Waals surface area (Å²) in [5.41, 5.74) is 5.53. The van der Waals surface area contributed by atoms with Gasteiger partial charge in [-0.05, 0) is 15.9 Å². The third-order valence-electron chi connectivity index (χ3n) is 1.34. The Kier molecular flexibility index (Phi) is 4.15. The topological polar surface area (TPSA) is 78.1 Å². The van der Waals surface area contributed by atoms with Crippen LogP contribution in [0.25, 0.3) is 0 Å². The van der Waals surface area contributed by atoms with Crippen LogP contribution in [0.5, 0.6) is 0 Å². The fourth-order valence-electron chi connectivity index (χ4n) is 0.653. The fourth-order valence-corrected chi connectivity index (χ4v) is 1.93. The number of thioether (sulfide) groups is 1. The quantitative estimate of drug-likeness (QED) is 0.506. The molecule has 0 fully saturated rings. The third kappa shape index (κ3) is 2.85. The zero-order valence-electron chi connectivity index (χ0n) is 7.36. The number of nitrogen functional groups attached to an aromatic ring is 1. The van der Waals surface area contributed by atoms with E-state index in [1.54, 1.807) is 0 Å². The first-order chi connectivity index (χ1) is 6.65. The molecule has 1 aromatic heterocycles. The summed E-state index contributed by atoms with van der Waals surface area (Å²) in [4.78, 5) is 18.6. The average Bonchev–Trinajstić information content (AvgIpc) is 2.20. The van der Waals surface area contributed by atoms with Crippen LogP contribution < -0.4 is 5.73 Å². The molecule has 14 heavy (non-hydrogen) atoms. The standard InChI is InChI=1S/C7H8BrN3O2S/c1-13-4(12)2-14-7-5(8)6(9)10-3-11-7/h3H,2H2,1H3,(H2,9,10,11). The van der Waals surface area contributed by atoms with E-state index >= 15 is 0 Å². The second kappa shape index (κ2) is 5.16. The molecule has 0 aromatic carbocycles. The first-order valence-electron chi connectivity index (χ1n) is 3.60. The third-order valence-corrected chi connectivity index (χ3v) is 3.35. The van der Waals surface area contributed by atoms with Crippen LogP contribution in [0, 0.1) is 0 Å². The average molecular weight is 278 g/mol. The molecular weight excluding hydrogens is 270 g/mol. The van der Waals surface area contributed by atoms with Gasteiger partial charge >= 0.3 is 5.97 Å².